The number of hydrogen-bond acceptors (Lipinski definition) is 6. The zero-order valence-corrected chi connectivity index (χ0v) is 21.9. The van der Waals surface area contributed by atoms with Crippen LogP contribution < -0.4 is 10.4 Å². The van der Waals surface area contributed by atoms with Crippen LogP contribution >= 0.6 is 0 Å². The Hall–Kier alpha value is -3.58. The van der Waals surface area contributed by atoms with Gasteiger partial charge in [-0.25, -0.2) is 4.79 Å². The molecule has 2 aromatic carbocycles. The topological polar surface area (TPSA) is 93.1 Å². The number of nitrogens with zero attached hydrogens (tertiary/aromatic N) is 1. The van der Waals surface area contributed by atoms with E-state index in [4.69, 9.17) is 13.6 Å². The van der Waals surface area contributed by atoms with E-state index in [1.54, 1.807) is 19.4 Å². The van der Waals surface area contributed by atoms with Gasteiger partial charge in [-0.15, -0.1) is 0 Å². The largest absolute Gasteiger partial charge is 0.497 e. The minimum Gasteiger partial charge on any atom is -0.497 e. The number of carbonyl (C=O) groups is 1. The number of amides is 1. The summed E-state index contributed by atoms with van der Waals surface area (Å²) in [5, 5.41) is 12.7. The summed E-state index contributed by atoms with van der Waals surface area (Å²) in [5.41, 5.74) is 3.31. The van der Waals surface area contributed by atoms with Crippen molar-refractivity contribution in [3.8, 4) is 16.9 Å². The van der Waals surface area contributed by atoms with E-state index in [0.717, 1.165) is 58.9 Å². The number of furan rings is 1. The lowest BCUT2D eigenvalue weighted by molar-refractivity contribution is -0.143. The van der Waals surface area contributed by atoms with Crippen molar-refractivity contribution in [1.82, 2.24) is 4.90 Å². The van der Waals surface area contributed by atoms with E-state index in [1.807, 2.05) is 42.2 Å². The highest BCUT2D eigenvalue weighted by molar-refractivity contribution is 6.02. The van der Waals surface area contributed by atoms with Crippen molar-refractivity contribution in [3.05, 3.63) is 64.2 Å². The Balaban J connectivity index is 1.27. The number of benzene rings is 2. The maximum Gasteiger partial charge on any atom is 0.339 e. The molecule has 1 saturated carbocycles. The SMILES string of the molecule is COc1cccc(-c2coc3cc4oc(=O)c(CCC(=O)N5CC[C@]6(O)CCCC[C@H]6C5)c(C)c4cc23)c1. The van der Waals surface area contributed by atoms with Crippen LogP contribution in [-0.4, -0.2) is 41.7 Å². The molecule has 6 rings (SSSR count). The van der Waals surface area contributed by atoms with Gasteiger partial charge in [0.25, 0.3) is 0 Å². The number of fused-ring (bicyclic) bond motifs is 3. The van der Waals surface area contributed by atoms with E-state index in [1.165, 1.54) is 0 Å². The van der Waals surface area contributed by atoms with Crippen molar-refractivity contribution < 1.29 is 23.5 Å². The normalized spacial score (nSPS) is 21.6. The lowest BCUT2D eigenvalue weighted by Crippen LogP contribution is -2.54. The summed E-state index contributed by atoms with van der Waals surface area (Å²) in [4.78, 5) is 27.9. The van der Waals surface area contributed by atoms with E-state index < -0.39 is 11.2 Å². The van der Waals surface area contributed by atoms with Crippen LogP contribution in [0.4, 0.5) is 0 Å². The lowest BCUT2D eigenvalue weighted by Gasteiger charge is -2.47. The summed E-state index contributed by atoms with van der Waals surface area (Å²) < 4.78 is 16.9. The Labute approximate surface area is 221 Å². The van der Waals surface area contributed by atoms with Crippen molar-refractivity contribution in [2.75, 3.05) is 20.2 Å². The van der Waals surface area contributed by atoms with Crippen molar-refractivity contribution >= 4 is 27.8 Å². The first-order valence-corrected chi connectivity index (χ1v) is 13.5. The molecule has 1 saturated heterocycles. The quantitative estimate of drug-likeness (QED) is 0.347. The predicted octanol–water partition coefficient (Wildman–Crippen LogP) is 5.61. The van der Waals surface area contributed by atoms with Crippen molar-refractivity contribution in [2.45, 2.75) is 57.5 Å². The second kappa shape index (κ2) is 9.62. The Bertz CT molecular complexity index is 1580. The molecular weight excluding hydrogens is 482 g/mol. The highest BCUT2D eigenvalue weighted by Gasteiger charge is 2.43. The smallest absolute Gasteiger partial charge is 0.339 e. The molecule has 2 aromatic heterocycles. The Morgan fingerprint density at radius 3 is 2.87 bits per heavy atom. The number of aliphatic hydroxyl groups is 1. The third kappa shape index (κ3) is 4.29. The molecule has 198 valence electrons. The van der Waals surface area contributed by atoms with E-state index in [0.29, 0.717) is 42.7 Å². The van der Waals surface area contributed by atoms with E-state index in [2.05, 4.69) is 0 Å². The van der Waals surface area contributed by atoms with Crippen LogP contribution in [0.15, 0.2) is 56.3 Å². The van der Waals surface area contributed by atoms with E-state index in [-0.39, 0.29) is 18.2 Å². The van der Waals surface area contributed by atoms with Crippen LogP contribution in [0.2, 0.25) is 0 Å². The third-order valence-corrected chi connectivity index (χ3v) is 8.73. The van der Waals surface area contributed by atoms with Gasteiger partial charge in [0.1, 0.15) is 16.9 Å². The highest BCUT2D eigenvalue weighted by atomic mass is 16.5. The summed E-state index contributed by atoms with van der Waals surface area (Å²) >= 11 is 0. The second-order valence-corrected chi connectivity index (χ2v) is 10.9. The van der Waals surface area contributed by atoms with Gasteiger partial charge in [-0.1, -0.05) is 25.0 Å². The number of rotatable bonds is 5. The molecule has 7 nitrogen and oxygen atoms in total. The fourth-order valence-electron chi connectivity index (χ4n) is 6.40. The van der Waals surface area contributed by atoms with Gasteiger partial charge in [0.2, 0.25) is 5.91 Å². The number of methoxy groups -OCH3 is 1. The Morgan fingerprint density at radius 1 is 1.16 bits per heavy atom. The van der Waals surface area contributed by atoms with Crippen LogP contribution in [-0.2, 0) is 11.2 Å². The molecule has 4 aromatic rings. The Kier molecular flexibility index (Phi) is 6.26. The number of hydrogen-bond donors (Lipinski definition) is 1. The average molecular weight is 516 g/mol. The predicted molar refractivity (Wildman–Crippen MR) is 145 cm³/mol. The number of ether oxygens (including phenoxy) is 1. The number of piperidine rings is 1. The number of aryl methyl sites for hydroxylation is 1. The zero-order chi connectivity index (χ0) is 26.4. The van der Waals surface area contributed by atoms with Gasteiger partial charge >= 0.3 is 5.63 Å². The number of carbonyl (C=O) groups excluding carboxylic acids is 1. The van der Waals surface area contributed by atoms with Crippen molar-refractivity contribution in [2.24, 2.45) is 5.92 Å². The van der Waals surface area contributed by atoms with E-state index >= 15 is 0 Å². The molecule has 38 heavy (non-hydrogen) atoms. The number of likely N-dealkylation sites (tertiary alicyclic amines) is 1. The zero-order valence-electron chi connectivity index (χ0n) is 21.9. The first-order valence-electron chi connectivity index (χ1n) is 13.5. The Morgan fingerprint density at radius 2 is 2.03 bits per heavy atom. The molecule has 1 N–H and O–H groups in total. The highest BCUT2D eigenvalue weighted by Crippen LogP contribution is 2.40. The maximum atomic E-state index is 13.1. The molecule has 1 amide bonds. The van der Waals surface area contributed by atoms with E-state index in [9.17, 15) is 14.7 Å². The van der Waals surface area contributed by atoms with Crippen LogP contribution in [0, 0.1) is 12.8 Å². The third-order valence-electron chi connectivity index (χ3n) is 8.73. The minimum atomic E-state index is -0.618. The molecule has 2 atom stereocenters. The molecule has 0 unspecified atom stereocenters. The molecule has 0 spiro atoms. The summed E-state index contributed by atoms with van der Waals surface area (Å²) in [6.45, 7) is 3.09. The standard InChI is InChI=1S/C31H33NO6/c1-19-23(9-10-29(33)32-13-12-31(35)11-4-3-7-21(31)17-32)30(34)38-28-16-27-25(15-24(19)28)26(18-37-27)20-6-5-8-22(14-20)36-2/h5-6,8,14-16,18,21,35H,3-4,7,9-13,17H2,1-2H3/t21-,31+/m0/s1. The summed E-state index contributed by atoms with van der Waals surface area (Å²) in [7, 11) is 1.64. The van der Waals surface area contributed by atoms with Crippen molar-refractivity contribution in [1.29, 1.82) is 0 Å². The molecule has 0 bridgehead atoms. The molecule has 1 aliphatic carbocycles. The fraction of sp³-hybridized carbons (Fsp3) is 0.419. The van der Waals surface area contributed by atoms with Gasteiger partial charge < -0.3 is 23.6 Å². The monoisotopic (exact) mass is 515 g/mol. The van der Waals surface area contributed by atoms with Gasteiger partial charge in [0, 0.05) is 53.4 Å². The van der Waals surface area contributed by atoms with Crippen LogP contribution in [0.25, 0.3) is 33.1 Å². The fourth-order valence-corrected chi connectivity index (χ4v) is 6.40. The molecular formula is C31H33NO6. The summed E-state index contributed by atoms with van der Waals surface area (Å²) in [5.74, 6) is 0.938. The van der Waals surface area contributed by atoms with Gasteiger partial charge in [-0.2, -0.15) is 0 Å². The van der Waals surface area contributed by atoms with Crippen LogP contribution in [0.3, 0.4) is 0 Å². The van der Waals surface area contributed by atoms with Gasteiger partial charge in [0.05, 0.1) is 19.0 Å². The first kappa shape index (κ1) is 24.7. The summed E-state index contributed by atoms with van der Waals surface area (Å²) in [6.07, 6.45) is 6.87. The lowest BCUT2D eigenvalue weighted by atomic mass is 9.71. The van der Waals surface area contributed by atoms with Gasteiger partial charge in [0.15, 0.2) is 0 Å². The molecule has 2 aliphatic rings. The molecule has 0 radical (unpaired) electrons. The van der Waals surface area contributed by atoms with Crippen molar-refractivity contribution in [3.63, 3.8) is 0 Å². The molecule has 3 heterocycles. The minimum absolute atomic E-state index is 0.0297. The maximum absolute atomic E-state index is 13.1. The second-order valence-electron chi connectivity index (χ2n) is 10.9. The summed E-state index contributed by atoms with van der Waals surface area (Å²) in [6, 6.07) is 11.5. The van der Waals surface area contributed by atoms with Gasteiger partial charge in [-0.05, 0) is 61.9 Å². The molecule has 2 fully saturated rings. The van der Waals surface area contributed by atoms with Gasteiger partial charge in [-0.3, -0.25) is 4.79 Å². The van der Waals surface area contributed by atoms with Crippen LogP contribution in [0.5, 0.6) is 5.75 Å². The molecule has 7 heteroatoms. The van der Waals surface area contributed by atoms with Crippen LogP contribution in [0.1, 0.15) is 49.7 Å². The first-order chi connectivity index (χ1) is 18.4. The average Bonchev–Trinajstić information content (AvgIpc) is 3.34. The molecule has 1 aliphatic heterocycles.